The van der Waals surface area contributed by atoms with Crippen LogP contribution in [0.2, 0.25) is 0 Å². The largest absolute Gasteiger partial charge is 0.311 e. The summed E-state index contributed by atoms with van der Waals surface area (Å²) in [5.41, 5.74) is 1.11. The highest BCUT2D eigenvalue weighted by atomic mass is 15.5. The third-order valence-electron chi connectivity index (χ3n) is 4.34. The first-order valence-corrected chi connectivity index (χ1v) is 6.96. The molecular weight excluding hydrogens is 240 g/mol. The minimum absolute atomic E-state index is 0.552. The van der Waals surface area contributed by atoms with Gasteiger partial charge in [0.15, 0.2) is 5.82 Å². The number of hydrogen-bond acceptors (Lipinski definition) is 4. The van der Waals surface area contributed by atoms with Gasteiger partial charge < -0.3 is 5.32 Å². The van der Waals surface area contributed by atoms with E-state index in [2.05, 4.69) is 20.7 Å². The zero-order valence-corrected chi connectivity index (χ0v) is 11.0. The minimum atomic E-state index is 0.552. The Morgan fingerprint density at radius 2 is 2.05 bits per heavy atom. The van der Waals surface area contributed by atoms with Gasteiger partial charge in [-0.3, -0.25) is 4.68 Å². The Morgan fingerprint density at radius 3 is 2.74 bits per heavy atom. The molecule has 100 valence electrons. The van der Waals surface area contributed by atoms with Crippen LogP contribution < -0.4 is 5.32 Å². The van der Waals surface area contributed by atoms with Gasteiger partial charge in [0.05, 0.1) is 11.9 Å². The van der Waals surface area contributed by atoms with Crippen molar-refractivity contribution in [3.63, 3.8) is 0 Å². The van der Waals surface area contributed by atoms with Crippen LogP contribution in [0.4, 0.5) is 0 Å². The van der Waals surface area contributed by atoms with Crippen molar-refractivity contribution in [2.24, 2.45) is 7.05 Å². The molecule has 4 heterocycles. The van der Waals surface area contributed by atoms with Crippen molar-refractivity contribution < 1.29 is 0 Å². The molecule has 2 bridgehead atoms. The first-order valence-electron chi connectivity index (χ1n) is 6.96. The predicted octanol–water partition coefficient (Wildman–Crippen LogP) is 0.999. The maximum absolute atomic E-state index is 4.36. The van der Waals surface area contributed by atoms with Crippen molar-refractivity contribution in [2.45, 2.75) is 43.7 Å². The molecule has 6 nitrogen and oxygen atoms in total. The molecule has 6 heteroatoms. The van der Waals surface area contributed by atoms with Gasteiger partial charge in [0.25, 0.3) is 0 Å². The molecule has 0 aliphatic carbocycles. The van der Waals surface area contributed by atoms with Crippen molar-refractivity contribution in [1.29, 1.82) is 0 Å². The Kier molecular flexibility index (Phi) is 2.44. The molecule has 4 rings (SSSR count). The molecule has 0 saturated carbocycles. The Hall–Kier alpha value is -1.69. The van der Waals surface area contributed by atoms with Gasteiger partial charge in [-0.15, -0.1) is 5.10 Å². The summed E-state index contributed by atoms with van der Waals surface area (Å²) in [6, 6.07) is 3.32. The molecular formula is C13H18N6. The van der Waals surface area contributed by atoms with Crippen molar-refractivity contribution in [3.8, 4) is 5.82 Å². The number of nitrogens with one attached hydrogen (secondary N) is 1. The third kappa shape index (κ3) is 1.96. The summed E-state index contributed by atoms with van der Waals surface area (Å²) in [7, 11) is 1.91. The fourth-order valence-corrected chi connectivity index (χ4v) is 3.40. The Morgan fingerprint density at radius 1 is 1.26 bits per heavy atom. The number of aromatic nitrogens is 5. The second-order valence-corrected chi connectivity index (χ2v) is 5.74. The SMILES string of the molecule is Cn1ccc(-n2cc(C3CC4CCC(C3)N4)nn2)n1. The van der Waals surface area contributed by atoms with E-state index in [0.29, 0.717) is 18.0 Å². The Labute approximate surface area is 111 Å². The monoisotopic (exact) mass is 258 g/mol. The molecule has 0 amide bonds. The first-order chi connectivity index (χ1) is 9.28. The van der Waals surface area contributed by atoms with Crippen LogP contribution in [0.5, 0.6) is 0 Å². The quantitative estimate of drug-likeness (QED) is 0.873. The molecule has 2 aromatic heterocycles. The average Bonchev–Trinajstić information content (AvgIpc) is 3.10. The number of aryl methyl sites for hydroxylation is 1. The van der Waals surface area contributed by atoms with Crippen molar-refractivity contribution in [1.82, 2.24) is 30.1 Å². The lowest BCUT2D eigenvalue weighted by molar-refractivity contribution is 0.359. The maximum Gasteiger partial charge on any atom is 0.176 e. The molecule has 2 saturated heterocycles. The van der Waals surface area contributed by atoms with E-state index in [9.17, 15) is 0 Å². The normalized spacial score (nSPS) is 29.8. The van der Waals surface area contributed by atoms with Gasteiger partial charge in [-0.2, -0.15) is 5.10 Å². The highest BCUT2D eigenvalue weighted by Crippen LogP contribution is 2.36. The van der Waals surface area contributed by atoms with E-state index < -0.39 is 0 Å². The van der Waals surface area contributed by atoms with Crippen LogP contribution in [0.25, 0.3) is 5.82 Å². The highest BCUT2D eigenvalue weighted by Gasteiger charge is 2.35. The van der Waals surface area contributed by atoms with E-state index in [-0.39, 0.29) is 0 Å². The third-order valence-corrected chi connectivity index (χ3v) is 4.34. The molecule has 0 radical (unpaired) electrons. The van der Waals surface area contributed by atoms with Gasteiger partial charge in [0, 0.05) is 37.3 Å². The van der Waals surface area contributed by atoms with Crippen LogP contribution in [-0.2, 0) is 7.05 Å². The first kappa shape index (κ1) is 11.2. The smallest absolute Gasteiger partial charge is 0.176 e. The summed E-state index contributed by atoms with van der Waals surface area (Å²) in [5.74, 6) is 1.38. The maximum atomic E-state index is 4.36. The zero-order chi connectivity index (χ0) is 12.8. The van der Waals surface area contributed by atoms with E-state index in [1.54, 1.807) is 9.36 Å². The van der Waals surface area contributed by atoms with Crippen LogP contribution >= 0.6 is 0 Å². The molecule has 2 aliphatic heterocycles. The summed E-state index contributed by atoms with van der Waals surface area (Å²) in [6.07, 6.45) is 8.97. The summed E-state index contributed by atoms with van der Waals surface area (Å²) in [5, 5.41) is 16.6. The van der Waals surface area contributed by atoms with Crippen LogP contribution in [0.15, 0.2) is 18.5 Å². The van der Waals surface area contributed by atoms with E-state index in [4.69, 9.17) is 0 Å². The van der Waals surface area contributed by atoms with E-state index in [0.717, 1.165) is 11.5 Å². The lowest BCUT2D eigenvalue weighted by atomic mass is 9.90. The fraction of sp³-hybridized carbons (Fsp3) is 0.615. The summed E-state index contributed by atoms with van der Waals surface area (Å²) >= 11 is 0. The molecule has 2 fully saturated rings. The second-order valence-electron chi connectivity index (χ2n) is 5.74. The molecule has 2 atom stereocenters. The molecule has 1 N–H and O–H groups in total. The number of hydrogen-bond donors (Lipinski definition) is 1. The van der Waals surface area contributed by atoms with E-state index >= 15 is 0 Å². The topological polar surface area (TPSA) is 60.6 Å². The predicted molar refractivity (Wildman–Crippen MR) is 70.0 cm³/mol. The van der Waals surface area contributed by atoms with Gasteiger partial charge in [0.1, 0.15) is 0 Å². The number of rotatable bonds is 2. The molecule has 2 aliphatic rings. The molecule has 19 heavy (non-hydrogen) atoms. The average molecular weight is 258 g/mol. The van der Waals surface area contributed by atoms with Crippen LogP contribution in [0.1, 0.15) is 37.3 Å². The minimum Gasteiger partial charge on any atom is -0.311 e. The van der Waals surface area contributed by atoms with Crippen LogP contribution in [0.3, 0.4) is 0 Å². The van der Waals surface area contributed by atoms with Crippen LogP contribution in [-0.4, -0.2) is 36.9 Å². The number of fused-ring (bicyclic) bond motifs is 2. The lowest BCUT2D eigenvalue weighted by Crippen LogP contribution is -2.37. The summed E-state index contributed by atoms with van der Waals surface area (Å²) in [4.78, 5) is 0. The lowest BCUT2D eigenvalue weighted by Gasteiger charge is -2.27. The molecule has 2 aromatic rings. The van der Waals surface area contributed by atoms with Gasteiger partial charge in [0.2, 0.25) is 0 Å². The fourth-order valence-electron chi connectivity index (χ4n) is 3.40. The van der Waals surface area contributed by atoms with E-state index in [1.807, 2.05) is 25.5 Å². The van der Waals surface area contributed by atoms with Crippen LogP contribution in [0, 0.1) is 0 Å². The number of nitrogens with zero attached hydrogens (tertiary/aromatic N) is 5. The highest BCUT2D eigenvalue weighted by molar-refractivity contribution is 5.20. The van der Waals surface area contributed by atoms with Crippen molar-refractivity contribution >= 4 is 0 Å². The Bertz CT molecular complexity index is 573. The summed E-state index contributed by atoms with van der Waals surface area (Å²) in [6.45, 7) is 0. The second kappa shape index (κ2) is 4.16. The molecule has 2 unspecified atom stereocenters. The number of piperidine rings is 1. The van der Waals surface area contributed by atoms with Gasteiger partial charge >= 0.3 is 0 Å². The Balaban J connectivity index is 1.58. The van der Waals surface area contributed by atoms with Gasteiger partial charge in [-0.05, 0) is 25.7 Å². The zero-order valence-electron chi connectivity index (χ0n) is 11.0. The molecule has 0 aromatic carbocycles. The standard InChI is InChI=1S/C13H18N6/c1-18-5-4-13(16-18)19-8-12(15-17-19)9-6-10-2-3-11(7-9)14-10/h4-5,8-11,14H,2-3,6-7H2,1H3. The van der Waals surface area contributed by atoms with Crippen molar-refractivity contribution in [3.05, 3.63) is 24.2 Å². The summed E-state index contributed by atoms with van der Waals surface area (Å²) < 4.78 is 3.56. The van der Waals surface area contributed by atoms with Gasteiger partial charge in [-0.25, -0.2) is 4.68 Å². The van der Waals surface area contributed by atoms with Crippen molar-refractivity contribution in [2.75, 3.05) is 0 Å². The van der Waals surface area contributed by atoms with E-state index in [1.165, 1.54) is 25.7 Å². The van der Waals surface area contributed by atoms with Gasteiger partial charge in [-0.1, -0.05) is 5.21 Å². The molecule has 0 spiro atoms.